The first-order valence-corrected chi connectivity index (χ1v) is 5.19. The third kappa shape index (κ3) is 799. The second kappa shape index (κ2) is 11.5. The summed E-state index contributed by atoms with van der Waals surface area (Å²) in [5.74, 6) is 0. The Labute approximate surface area is 68.8 Å². The number of rotatable bonds is 0. The van der Waals surface area contributed by atoms with Crippen LogP contribution in [0.4, 0.5) is 8.63 Å². The van der Waals surface area contributed by atoms with E-state index in [4.69, 9.17) is 5.02 Å². The largest absolute Gasteiger partial charge is 1.00 e. The molecule has 1 N–H and O–H groups in total. The predicted molar refractivity (Wildman–Crippen MR) is 33.5 cm³/mol. The normalized spacial score (nSPS) is 7.00. The molecule has 50 valence electrons. The fraction of sp³-hybridized carbons (Fsp3) is 1.00. The maximum atomic E-state index is 9.89. The molecule has 0 saturated carbocycles. The summed E-state index contributed by atoms with van der Waals surface area (Å²) in [7, 11) is -3.05. The van der Waals surface area contributed by atoms with Crippen molar-refractivity contribution in [1.82, 2.24) is 0 Å². The molecule has 0 aromatic rings. The number of hydrogen-bond acceptors (Lipinski definition) is 1. The van der Waals surface area contributed by atoms with Crippen LogP contribution in [0.3, 0.4) is 0 Å². The van der Waals surface area contributed by atoms with E-state index in [0.717, 1.165) is 0 Å². The summed E-state index contributed by atoms with van der Waals surface area (Å²) in [5, 5.41) is 6.72. The van der Waals surface area contributed by atoms with Gasteiger partial charge in [-0.1, -0.05) is 0 Å². The van der Waals surface area contributed by atoms with Gasteiger partial charge in [-0.2, -0.15) is 19.6 Å². The molecule has 0 radical (unpaired) electrons. The van der Waals surface area contributed by atoms with Crippen molar-refractivity contribution < 1.29 is 32.5 Å². The van der Waals surface area contributed by atoms with Crippen molar-refractivity contribution in [2.24, 2.45) is 0 Å². The average Bonchev–Trinajstić information content (AvgIpc) is 1.25. The van der Waals surface area contributed by atoms with Crippen molar-refractivity contribution in [3.63, 3.8) is 0 Å². The summed E-state index contributed by atoms with van der Waals surface area (Å²) in [6, 6.07) is 0. The van der Waals surface area contributed by atoms with E-state index in [0.29, 0.717) is 0 Å². The van der Waals surface area contributed by atoms with Crippen LogP contribution >= 0.6 is 0 Å². The van der Waals surface area contributed by atoms with E-state index in [1.165, 1.54) is 0 Å². The summed E-state index contributed by atoms with van der Waals surface area (Å²) in [5.41, 5.74) is 0. The molecule has 0 bridgehead atoms. The Kier molecular flexibility index (Phi) is 20.9. The fourth-order valence-electron chi connectivity index (χ4n) is 0. The summed E-state index contributed by atoms with van der Waals surface area (Å²) >= 11 is 0. The molecule has 0 aliphatic rings. The van der Waals surface area contributed by atoms with Gasteiger partial charge in [0.25, 0.3) is 0 Å². The van der Waals surface area contributed by atoms with Crippen LogP contribution in [-0.2, 0) is 0 Å². The van der Waals surface area contributed by atoms with Crippen molar-refractivity contribution in [2.75, 3.05) is 0 Å². The molecule has 0 amide bonds. The molecule has 1 nitrogen and oxygen atoms in total. The van der Waals surface area contributed by atoms with E-state index >= 15 is 0 Å². The average molecular weight is 146 g/mol. The topological polar surface area (TPSA) is 20.2 Å². The zero-order valence-corrected chi connectivity index (χ0v) is 7.28. The molecule has 0 aliphatic carbocycles. The SMILES string of the molecule is C[Si-](C)C.OB(F)F.[Li+]. The van der Waals surface area contributed by atoms with Gasteiger partial charge in [-0.15, -0.1) is 0 Å². The fourth-order valence-corrected chi connectivity index (χ4v) is 0. The van der Waals surface area contributed by atoms with Gasteiger partial charge < -0.3 is 5.02 Å². The Morgan fingerprint density at radius 1 is 1.22 bits per heavy atom. The first kappa shape index (κ1) is 16.4. The minimum absolute atomic E-state index is 0. The van der Waals surface area contributed by atoms with Crippen LogP contribution < -0.4 is 18.9 Å². The smallest absolute Gasteiger partial charge is 0.395 e. The standard InChI is InChI=1S/C3H9Si.BF2HO.Li/c1-4(2)3;2-1(3)4;/h1-3H3;4H;/q-1;;+1. The second-order valence-electron chi connectivity index (χ2n) is 1.78. The zero-order valence-electron chi connectivity index (χ0n) is 6.28. The van der Waals surface area contributed by atoms with Crippen molar-refractivity contribution in [2.45, 2.75) is 19.6 Å². The third-order valence-corrected chi connectivity index (χ3v) is 0. The van der Waals surface area contributed by atoms with Gasteiger partial charge in [0, 0.05) is 0 Å². The summed E-state index contributed by atoms with van der Waals surface area (Å²) in [6.07, 6.45) is 0. The van der Waals surface area contributed by atoms with Crippen LogP contribution in [-0.4, -0.2) is 21.3 Å². The molecular weight excluding hydrogens is 136 g/mol. The summed E-state index contributed by atoms with van der Waals surface area (Å²) in [6.45, 7) is 6.81. The monoisotopic (exact) mass is 146 g/mol. The minimum Gasteiger partial charge on any atom is -0.395 e. The van der Waals surface area contributed by atoms with Gasteiger partial charge in [-0.05, 0) is 0 Å². The molecular formula is C3H10BF2LiOSi. The van der Waals surface area contributed by atoms with Crippen molar-refractivity contribution in [3.05, 3.63) is 0 Å². The third-order valence-electron chi connectivity index (χ3n) is 0. The Morgan fingerprint density at radius 3 is 1.22 bits per heavy atom. The van der Waals surface area contributed by atoms with Crippen LogP contribution in [0.1, 0.15) is 0 Å². The van der Waals surface area contributed by atoms with Gasteiger partial charge in [0.15, 0.2) is 0 Å². The predicted octanol–water partition coefficient (Wildman–Crippen LogP) is -1.72. The van der Waals surface area contributed by atoms with Crippen LogP contribution in [0.5, 0.6) is 0 Å². The molecule has 6 heteroatoms. The second-order valence-corrected chi connectivity index (χ2v) is 4.78. The van der Waals surface area contributed by atoms with Gasteiger partial charge in [-0.25, -0.2) is 0 Å². The van der Waals surface area contributed by atoms with Crippen LogP contribution in [0, 0.1) is 0 Å². The number of halogens is 2. The van der Waals surface area contributed by atoms with E-state index in [2.05, 4.69) is 19.6 Å². The van der Waals surface area contributed by atoms with Gasteiger partial charge in [-0.3, -0.25) is 17.4 Å². The van der Waals surface area contributed by atoms with Gasteiger partial charge in [0.1, 0.15) is 0 Å². The Morgan fingerprint density at radius 2 is 1.22 bits per heavy atom. The molecule has 0 aromatic heterocycles. The maximum absolute atomic E-state index is 9.89. The van der Waals surface area contributed by atoms with Crippen molar-refractivity contribution >= 4 is 16.3 Å². The van der Waals surface area contributed by atoms with Gasteiger partial charge >= 0.3 is 26.3 Å². The van der Waals surface area contributed by atoms with Gasteiger partial charge in [0.05, 0.1) is 0 Å². The Hall–Kier alpha value is 0.699. The van der Waals surface area contributed by atoms with E-state index in [1.54, 1.807) is 0 Å². The van der Waals surface area contributed by atoms with Crippen molar-refractivity contribution in [3.8, 4) is 0 Å². The van der Waals surface area contributed by atoms with Crippen LogP contribution in [0.25, 0.3) is 0 Å². The zero-order chi connectivity index (χ0) is 7.15. The first-order chi connectivity index (χ1) is 3.46. The van der Waals surface area contributed by atoms with E-state index in [1.807, 2.05) is 0 Å². The minimum atomic E-state index is -3.17. The Balaban J connectivity index is -0.0000000720. The molecule has 0 atom stereocenters. The molecule has 9 heavy (non-hydrogen) atoms. The summed E-state index contributed by atoms with van der Waals surface area (Å²) in [4.78, 5) is 0. The molecule has 0 aliphatic heterocycles. The van der Waals surface area contributed by atoms with Crippen LogP contribution in [0.15, 0.2) is 0 Å². The molecule has 0 unspecified atom stereocenters. The van der Waals surface area contributed by atoms with Gasteiger partial charge in [0.2, 0.25) is 0 Å². The van der Waals surface area contributed by atoms with E-state index in [9.17, 15) is 8.63 Å². The quantitative estimate of drug-likeness (QED) is 0.403. The molecule has 0 spiro atoms. The van der Waals surface area contributed by atoms with Crippen LogP contribution in [0.2, 0.25) is 19.6 Å². The molecule has 0 aromatic carbocycles. The van der Waals surface area contributed by atoms with E-state index < -0.39 is 7.47 Å². The molecule has 0 saturated heterocycles. The van der Waals surface area contributed by atoms with E-state index in [-0.39, 0.29) is 27.7 Å². The molecule has 0 heterocycles. The molecule has 0 rings (SSSR count). The molecule has 0 fully saturated rings. The first-order valence-electron chi connectivity index (χ1n) is 2.19. The van der Waals surface area contributed by atoms with Crippen molar-refractivity contribution in [1.29, 1.82) is 0 Å². The Bertz CT molecular complexity index is 37.3. The number of hydrogen-bond donors (Lipinski definition) is 1. The summed E-state index contributed by atoms with van der Waals surface area (Å²) < 4.78 is 19.8. The maximum Gasteiger partial charge on any atom is 1.00 e.